The van der Waals surface area contributed by atoms with E-state index in [-0.39, 0.29) is 5.41 Å². The van der Waals surface area contributed by atoms with Gasteiger partial charge in [0, 0.05) is 17.3 Å². The van der Waals surface area contributed by atoms with Crippen LogP contribution in [0.1, 0.15) is 26.5 Å². The molecule has 74 valence electrons. The monoisotopic (exact) mass is 188 g/mol. The summed E-state index contributed by atoms with van der Waals surface area (Å²) in [6, 6.07) is 8.34. The first-order chi connectivity index (χ1) is 6.57. The van der Waals surface area contributed by atoms with Crippen LogP contribution in [0.25, 0.3) is 11.4 Å². The average molecular weight is 188 g/mol. The Kier molecular flexibility index (Phi) is 1.99. The van der Waals surface area contributed by atoms with Crippen LogP contribution in [0.3, 0.4) is 0 Å². The Labute approximate surface area is 84.4 Å². The number of rotatable bonds is 1. The highest BCUT2D eigenvalue weighted by molar-refractivity contribution is 5.55. The molecule has 2 nitrogen and oxygen atoms in total. The first-order valence-electron chi connectivity index (χ1n) is 4.90. The van der Waals surface area contributed by atoms with Gasteiger partial charge in [-0.15, -0.1) is 0 Å². The fourth-order valence-electron chi connectivity index (χ4n) is 1.49. The van der Waals surface area contributed by atoms with Gasteiger partial charge in [0.15, 0.2) is 0 Å². The molecule has 0 bridgehead atoms. The number of aromatic nitrogens is 2. The van der Waals surface area contributed by atoms with E-state index >= 15 is 0 Å². The fourth-order valence-corrected chi connectivity index (χ4v) is 1.49. The van der Waals surface area contributed by atoms with Gasteiger partial charge in [0.1, 0.15) is 0 Å². The van der Waals surface area contributed by atoms with Gasteiger partial charge in [-0.2, -0.15) is 0 Å². The molecule has 14 heavy (non-hydrogen) atoms. The van der Waals surface area contributed by atoms with Gasteiger partial charge in [-0.1, -0.05) is 20.8 Å². The molecule has 0 fully saturated rings. The molecular weight excluding hydrogens is 172 g/mol. The molecule has 0 saturated heterocycles. The smallest absolute Gasteiger partial charge is 0.0621 e. The highest BCUT2D eigenvalue weighted by Gasteiger charge is 2.15. The van der Waals surface area contributed by atoms with Crippen molar-refractivity contribution in [3.8, 4) is 11.4 Å². The molecule has 0 spiro atoms. The van der Waals surface area contributed by atoms with Crippen molar-refractivity contribution in [2.24, 2.45) is 0 Å². The van der Waals surface area contributed by atoms with Crippen molar-refractivity contribution in [3.63, 3.8) is 0 Å². The zero-order valence-electron chi connectivity index (χ0n) is 8.89. The molecule has 0 atom stereocenters. The highest BCUT2D eigenvalue weighted by Crippen LogP contribution is 2.24. The summed E-state index contributed by atoms with van der Waals surface area (Å²) in [5.41, 5.74) is 3.74. The molecule has 2 heterocycles. The number of hydrogen-bond donors (Lipinski definition) is 2. The molecule has 2 rings (SSSR count). The van der Waals surface area contributed by atoms with Crippen LogP contribution in [0.15, 0.2) is 30.5 Å². The Hall–Kier alpha value is -1.44. The number of aromatic amines is 2. The van der Waals surface area contributed by atoms with Crippen molar-refractivity contribution >= 4 is 0 Å². The minimum atomic E-state index is 0.185. The summed E-state index contributed by atoms with van der Waals surface area (Å²) in [5, 5.41) is 0. The molecule has 0 amide bonds. The SMILES string of the molecule is CC(C)(C)c1ccc(-c2ccc[nH]2)[nH]1. The lowest BCUT2D eigenvalue weighted by Crippen LogP contribution is -2.11. The fraction of sp³-hybridized carbons (Fsp3) is 0.333. The molecule has 2 aromatic rings. The summed E-state index contributed by atoms with van der Waals surface area (Å²) in [7, 11) is 0. The Morgan fingerprint density at radius 1 is 1.00 bits per heavy atom. The van der Waals surface area contributed by atoms with E-state index in [1.54, 1.807) is 0 Å². The first kappa shape index (κ1) is 9.13. The summed E-state index contributed by atoms with van der Waals surface area (Å²) in [5.74, 6) is 0. The molecule has 0 radical (unpaired) electrons. The summed E-state index contributed by atoms with van der Waals surface area (Å²) < 4.78 is 0. The third-order valence-corrected chi connectivity index (χ3v) is 2.38. The van der Waals surface area contributed by atoms with Crippen LogP contribution >= 0.6 is 0 Å². The van der Waals surface area contributed by atoms with Crippen LogP contribution < -0.4 is 0 Å². The largest absolute Gasteiger partial charge is 0.360 e. The second-order valence-corrected chi connectivity index (χ2v) is 4.62. The van der Waals surface area contributed by atoms with Crippen LogP contribution in [-0.4, -0.2) is 9.97 Å². The second-order valence-electron chi connectivity index (χ2n) is 4.62. The highest BCUT2D eigenvalue weighted by atomic mass is 14.8. The molecule has 2 aromatic heterocycles. The van der Waals surface area contributed by atoms with Crippen molar-refractivity contribution in [2.75, 3.05) is 0 Å². The Morgan fingerprint density at radius 3 is 2.29 bits per heavy atom. The molecule has 0 saturated carbocycles. The molecular formula is C12H16N2. The molecule has 2 heteroatoms. The third-order valence-electron chi connectivity index (χ3n) is 2.38. The Bertz CT molecular complexity index is 402. The van der Waals surface area contributed by atoms with Crippen LogP contribution in [-0.2, 0) is 5.41 Å². The van der Waals surface area contributed by atoms with Crippen molar-refractivity contribution in [1.82, 2.24) is 9.97 Å². The number of nitrogens with one attached hydrogen (secondary N) is 2. The van der Waals surface area contributed by atoms with Gasteiger partial charge in [-0.05, 0) is 24.3 Å². The van der Waals surface area contributed by atoms with Crippen molar-refractivity contribution in [2.45, 2.75) is 26.2 Å². The third kappa shape index (κ3) is 1.60. The topological polar surface area (TPSA) is 31.6 Å². The van der Waals surface area contributed by atoms with Gasteiger partial charge in [0.2, 0.25) is 0 Å². The summed E-state index contributed by atoms with van der Waals surface area (Å²) in [6.45, 7) is 6.62. The van der Waals surface area contributed by atoms with E-state index in [0.717, 1.165) is 11.4 Å². The predicted molar refractivity (Wildman–Crippen MR) is 59.3 cm³/mol. The number of hydrogen-bond acceptors (Lipinski definition) is 0. The average Bonchev–Trinajstić information content (AvgIpc) is 2.73. The van der Waals surface area contributed by atoms with E-state index in [9.17, 15) is 0 Å². The number of H-pyrrole nitrogens is 2. The predicted octanol–water partition coefficient (Wildman–Crippen LogP) is 3.31. The molecule has 2 N–H and O–H groups in total. The van der Waals surface area contributed by atoms with E-state index in [1.165, 1.54) is 5.69 Å². The summed E-state index contributed by atoms with van der Waals surface area (Å²) >= 11 is 0. The molecule has 0 aromatic carbocycles. The van der Waals surface area contributed by atoms with E-state index in [1.807, 2.05) is 12.3 Å². The van der Waals surface area contributed by atoms with Gasteiger partial charge in [0.25, 0.3) is 0 Å². The maximum Gasteiger partial charge on any atom is 0.0621 e. The normalized spacial score (nSPS) is 11.9. The lowest BCUT2D eigenvalue weighted by atomic mass is 9.93. The minimum absolute atomic E-state index is 0.185. The second kappa shape index (κ2) is 3.05. The van der Waals surface area contributed by atoms with Gasteiger partial charge in [-0.25, -0.2) is 0 Å². The van der Waals surface area contributed by atoms with Crippen LogP contribution in [0.5, 0.6) is 0 Å². The summed E-state index contributed by atoms with van der Waals surface area (Å²) in [4.78, 5) is 6.61. The van der Waals surface area contributed by atoms with Gasteiger partial charge >= 0.3 is 0 Å². The van der Waals surface area contributed by atoms with Gasteiger partial charge in [0.05, 0.1) is 11.4 Å². The van der Waals surface area contributed by atoms with Crippen molar-refractivity contribution < 1.29 is 0 Å². The molecule has 0 aliphatic carbocycles. The van der Waals surface area contributed by atoms with Crippen molar-refractivity contribution in [1.29, 1.82) is 0 Å². The molecule has 0 aliphatic heterocycles. The van der Waals surface area contributed by atoms with Gasteiger partial charge < -0.3 is 9.97 Å². The zero-order chi connectivity index (χ0) is 10.2. The van der Waals surface area contributed by atoms with Crippen LogP contribution in [0.2, 0.25) is 0 Å². The summed E-state index contributed by atoms with van der Waals surface area (Å²) in [6.07, 6.45) is 1.94. The first-order valence-corrected chi connectivity index (χ1v) is 4.90. The van der Waals surface area contributed by atoms with Crippen LogP contribution in [0, 0.1) is 0 Å². The minimum Gasteiger partial charge on any atom is -0.360 e. The Morgan fingerprint density at radius 2 is 1.79 bits per heavy atom. The molecule has 0 unspecified atom stereocenters. The van der Waals surface area contributed by atoms with Gasteiger partial charge in [-0.3, -0.25) is 0 Å². The lowest BCUT2D eigenvalue weighted by molar-refractivity contribution is 0.573. The zero-order valence-corrected chi connectivity index (χ0v) is 8.89. The van der Waals surface area contributed by atoms with E-state index in [0.29, 0.717) is 0 Å². The van der Waals surface area contributed by atoms with E-state index in [4.69, 9.17) is 0 Å². The maximum absolute atomic E-state index is 3.42. The molecule has 0 aliphatic rings. The standard InChI is InChI=1S/C12H16N2/c1-12(2,3)11-7-6-10(14-11)9-5-4-8-13-9/h4-8,13-14H,1-3H3. The van der Waals surface area contributed by atoms with Crippen molar-refractivity contribution in [3.05, 3.63) is 36.2 Å². The maximum atomic E-state index is 3.42. The van der Waals surface area contributed by atoms with Crippen LogP contribution in [0.4, 0.5) is 0 Å². The quantitative estimate of drug-likeness (QED) is 0.688. The van der Waals surface area contributed by atoms with E-state index in [2.05, 4.69) is 48.9 Å². The van der Waals surface area contributed by atoms with E-state index < -0.39 is 0 Å². The lowest BCUT2D eigenvalue weighted by Gasteiger charge is -2.15. The Balaban J connectivity index is 2.36.